The molecule has 1 aromatic rings. The summed E-state index contributed by atoms with van der Waals surface area (Å²) in [7, 11) is 0. The van der Waals surface area contributed by atoms with Gasteiger partial charge in [-0.3, -0.25) is 0 Å². The number of hydrogen-bond donors (Lipinski definition) is 1. The number of aliphatic hydroxyl groups is 1. The van der Waals surface area contributed by atoms with Gasteiger partial charge >= 0.3 is 0 Å². The Morgan fingerprint density at radius 3 is 2.69 bits per heavy atom. The van der Waals surface area contributed by atoms with Gasteiger partial charge in [0.15, 0.2) is 0 Å². The van der Waals surface area contributed by atoms with Crippen LogP contribution in [0, 0.1) is 12.8 Å². The van der Waals surface area contributed by atoms with Crippen LogP contribution in [0.25, 0.3) is 0 Å². The Hall–Kier alpha value is -0.820. The molecule has 0 radical (unpaired) electrons. The lowest BCUT2D eigenvalue weighted by Crippen LogP contribution is -2.14. The Morgan fingerprint density at radius 1 is 1.31 bits per heavy atom. The molecule has 0 aliphatic rings. The highest BCUT2D eigenvalue weighted by atomic mass is 16.3. The number of hydrogen-bond acceptors (Lipinski definition) is 1. The van der Waals surface area contributed by atoms with E-state index in [2.05, 4.69) is 45.0 Å². The lowest BCUT2D eigenvalue weighted by Gasteiger charge is -2.16. The molecule has 0 aromatic heterocycles. The molecule has 0 fully saturated rings. The highest BCUT2D eigenvalue weighted by molar-refractivity contribution is 5.22. The highest BCUT2D eigenvalue weighted by Crippen LogP contribution is 2.16. The van der Waals surface area contributed by atoms with E-state index in [0.717, 1.165) is 12.8 Å². The Kier molecular flexibility index (Phi) is 5.54. The summed E-state index contributed by atoms with van der Waals surface area (Å²) in [5.74, 6) is 0.629. The van der Waals surface area contributed by atoms with Gasteiger partial charge < -0.3 is 5.11 Å². The van der Waals surface area contributed by atoms with Crippen molar-refractivity contribution in [2.75, 3.05) is 0 Å². The first kappa shape index (κ1) is 13.2. The summed E-state index contributed by atoms with van der Waals surface area (Å²) in [5, 5.41) is 9.99. The van der Waals surface area contributed by atoms with Gasteiger partial charge in [0.05, 0.1) is 6.10 Å². The number of benzene rings is 1. The van der Waals surface area contributed by atoms with Gasteiger partial charge in [0, 0.05) is 0 Å². The van der Waals surface area contributed by atoms with E-state index in [1.54, 1.807) is 0 Å². The number of aryl methyl sites for hydroxylation is 1. The van der Waals surface area contributed by atoms with Crippen LogP contribution in [-0.2, 0) is 6.42 Å². The second-order valence-electron chi connectivity index (χ2n) is 4.98. The largest absolute Gasteiger partial charge is 0.393 e. The van der Waals surface area contributed by atoms with Crippen LogP contribution in [-0.4, -0.2) is 11.2 Å². The summed E-state index contributed by atoms with van der Waals surface area (Å²) in [6.45, 7) is 6.52. The van der Waals surface area contributed by atoms with Crippen molar-refractivity contribution in [1.82, 2.24) is 0 Å². The first-order valence-corrected chi connectivity index (χ1v) is 6.35. The van der Waals surface area contributed by atoms with Crippen molar-refractivity contribution in [1.29, 1.82) is 0 Å². The van der Waals surface area contributed by atoms with Gasteiger partial charge in [-0.05, 0) is 31.2 Å². The van der Waals surface area contributed by atoms with Crippen molar-refractivity contribution in [2.24, 2.45) is 5.92 Å². The number of rotatable bonds is 6. The third-order valence-corrected chi connectivity index (χ3v) is 3.01. The maximum Gasteiger partial charge on any atom is 0.0583 e. The molecule has 0 saturated heterocycles. The summed E-state index contributed by atoms with van der Waals surface area (Å²) in [6.07, 6.45) is 3.93. The minimum Gasteiger partial charge on any atom is -0.393 e. The summed E-state index contributed by atoms with van der Waals surface area (Å²) in [6, 6.07) is 8.41. The van der Waals surface area contributed by atoms with Crippen LogP contribution in [0.5, 0.6) is 0 Å². The van der Waals surface area contributed by atoms with Crippen LogP contribution in [0.2, 0.25) is 0 Å². The summed E-state index contributed by atoms with van der Waals surface area (Å²) < 4.78 is 0. The monoisotopic (exact) mass is 220 g/mol. The Morgan fingerprint density at radius 2 is 2.06 bits per heavy atom. The van der Waals surface area contributed by atoms with Crippen LogP contribution < -0.4 is 0 Å². The first-order valence-electron chi connectivity index (χ1n) is 6.35. The quantitative estimate of drug-likeness (QED) is 0.774. The van der Waals surface area contributed by atoms with Crippen molar-refractivity contribution >= 4 is 0 Å². The van der Waals surface area contributed by atoms with Crippen molar-refractivity contribution in [3.8, 4) is 0 Å². The summed E-state index contributed by atoms with van der Waals surface area (Å²) in [4.78, 5) is 0. The Bertz CT molecular complexity index is 306. The third kappa shape index (κ3) is 4.80. The molecule has 16 heavy (non-hydrogen) atoms. The van der Waals surface area contributed by atoms with Gasteiger partial charge in [0.1, 0.15) is 0 Å². The minimum absolute atomic E-state index is 0.191. The molecule has 1 rings (SSSR count). The maximum absolute atomic E-state index is 9.99. The average molecular weight is 220 g/mol. The van der Waals surface area contributed by atoms with Crippen molar-refractivity contribution < 1.29 is 5.11 Å². The zero-order valence-corrected chi connectivity index (χ0v) is 10.7. The molecular weight excluding hydrogens is 196 g/mol. The zero-order valence-electron chi connectivity index (χ0n) is 10.7. The molecule has 1 heteroatoms. The van der Waals surface area contributed by atoms with Gasteiger partial charge in [0.2, 0.25) is 0 Å². The van der Waals surface area contributed by atoms with Crippen LogP contribution in [0.15, 0.2) is 24.3 Å². The van der Waals surface area contributed by atoms with Crippen LogP contribution in [0.4, 0.5) is 0 Å². The average Bonchev–Trinajstić information content (AvgIpc) is 2.17. The minimum atomic E-state index is -0.191. The molecule has 0 heterocycles. The van der Waals surface area contributed by atoms with E-state index < -0.39 is 0 Å². The smallest absolute Gasteiger partial charge is 0.0583 e. The molecule has 2 atom stereocenters. The standard InChI is InChI=1S/C15H24O/c1-4-6-12(2)10-15(16)11-14-8-5-7-13(3)9-14/h5,7-9,12,15-16H,4,6,10-11H2,1-3H3. The normalized spacial score (nSPS) is 14.8. The van der Waals surface area contributed by atoms with Crippen molar-refractivity contribution in [2.45, 2.75) is 52.6 Å². The molecule has 90 valence electrons. The zero-order chi connectivity index (χ0) is 12.0. The lowest BCUT2D eigenvalue weighted by atomic mass is 9.95. The molecule has 1 aromatic carbocycles. The van der Waals surface area contributed by atoms with Gasteiger partial charge in [-0.1, -0.05) is 56.5 Å². The molecule has 2 unspecified atom stereocenters. The van der Waals surface area contributed by atoms with E-state index >= 15 is 0 Å². The molecule has 0 aliphatic heterocycles. The Balaban J connectivity index is 2.42. The van der Waals surface area contributed by atoms with E-state index in [-0.39, 0.29) is 6.10 Å². The molecule has 0 amide bonds. The number of aliphatic hydroxyl groups excluding tert-OH is 1. The molecule has 1 N–H and O–H groups in total. The molecule has 0 bridgehead atoms. The molecule has 0 saturated carbocycles. The van der Waals surface area contributed by atoms with Crippen LogP contribution in [0.1, 0.15) is 44.2 Å². The maximum atomic E-state index is 9.99. The van der Waals surface area contributed by atoms with E-state index in [1.165, 1.54) is 24.0 Å². The van der Waals surface area contributed by atoms with E-state index in [9.17, 15) is 5.11 Å². The fourth-order valence-electron chi connectivity index (χ4n) is 2.27. The van der Waals surface area contributed by atoms with Crippen molar-refractivity contribution in [3.05, 3.63) is 35.4 Å². The topological polar surface area (TPSA) is 20.2 Å². The van der Waals surface area contributed by atoms with Crippen molar-refractivity contribution in [3.63, 3.8) is 0 Å². The van der Waals surface area contributed by atoms with E-state index in [4.69, 9.17) is 0 Å². The van der Waals surface area contributed by atoms with Gasteiger partial charge in [-0.25, -0.2) is 0 Å². The van der Waals surface area contributed by atoms with Gasteiger partial charge in [-0.2, -0.15) is 0 Å². The highest BCUT2D eigenvalue weighted by Gasteiger charge is 2.10. The van der Waals surface area contributed by atoms with E-state index in [0.29, 0.717) is 5.92 Å². The molecule has 1 nitrogen and oxygen atoms in total. The van der Waals surface area contributed by atoms with Gasteiger partial charge in [0.25, 0.3) is 0 Å². The predicted octanol–water partition coefficient (Wildman–Crippen LogP) is 3.72. The SMILES string of the molecule is CCCC(C)CC(O)Cc1cccc(C)c1. The molecular formula is C15H24O. The Labute approximate surface area is 99.5 Å². The molecule has 0 spiro atoms. The third-order valence-electron chi connectivity index (χ3n) is 3.01. The predicted molar refractivity (Wildman–Crippen MR) is 69.6 cm³/mol. The van der Waals surface area contributed by atoms with E-state index in [1.807, 2.05) is 0 Å². The summed E-state index contributed by atoms with van der Waals surface area (Å²) in [5.41, 5.74) is 2.52. The van der Waals surface area contributed by atoms with Gasteiger partial charge in [-0.15, -0.1) is 0 Å². The first-order chi connectivity index (χ1) is 7.61. The van der Waals surface area contributed by atoms with Crippen LogP contribution >= 0.6 is 0 Å². The second kappa shape index (κ2) is 6.70. The van der Waals surface area contributed by atoms with Crippen LogP contribution in [0.3, 0.4) is 0 Å². The lowest BCUT2D eigenvalue weighted by molar-refractivity contribution is 0.143. The molecule has 0 aliphatic carbocycles. The fourth-order valence-corrected chi connectivity index (χ4v) is 2.27. The second-order valence-corrected chi connectivity index (χ2v) is 4.98. The fraction of sp³-hybridized carbons (Fsp3) is 0.600. The summed E-state index contributed by atoms with van der Waals surface area (Å²) >= 11 is 0.